The van der Waals surface area contributed by atoms with Gasteiger partial charge in [0.1, 0.15) is 10.6 Å². The van der Waals surface area contributed by atoms with E-state index in [0.29, 0.717) is 16.4 Å². The highest BCUT2D eigenvalue weighted by Gasteiger charge is 2.20. The summed E-state index contributed by atoms with van der Waals surface area (Å²) in [6.45, 7) is 1.86. The first-order valence-electron chi connectivity index (χ1n) is 9.79. The Kier molecular flexibility index (Phi) is 7.02. The van der Waals surface area contributed by atoms with E-state index < -0.39 is 23.1 Å². The molecule has 174 valence electrons. The van der Waals surface area contributed by atoms with Gasteiger partial charge in [-0.3, -0.25) is 13.9 Å². The molecule has 0 saturated carbocycles. The van der Waals surface area contributed by atoms with Gasteiger partial charge in [-0.1, -0.05) is 0 Å². The Labute approximate surface area is 192 Å². The van der Waals surface area contributed by atoms with Crippen molar-refractivity contribution in [2.24, 2.45) is 19.1 Å². The molecule has 10 nitrogen and oxygen atoms in total. The number of rotatable bonds is 7. The van der Waals surface area contributed by atoms with Crippen molar-refractivity contribution in [3.63, 3.8) is 0 Å². The number of aromatic nitrogens is 2. The van der Waals surface area contributed by atoms with Crippen LogP contribution in [0.15, 0.2) is 38.8 Å². The molecule has 0 fully saturated rings. The second kappa shape index (κ2) is 9.74. The number of esters is 1. The molecular weight excluding hydrogens is 450 g/mol. The van der Waals surface area contributed by atoms with E-state index in [4.69, 9.17) is 14.2 Å². The van der Waals surface area contributed by atoms with Crippen LogP contribution < -0.4 is 20.7 Å². The highest BCUT2D eigenvalue weighted by atomic mass is 32.1. The van der Waals surface area contributed by atoms with Crippen molar-refractivity contribution in [3.05, 3.63) is 56.2 Å². The minimum atomic E-state index is -0.714. The van der Waals surface area contributed by atoms with Gasteiger partial charge < -0.3 is 19.3 Å². The number of aromatic hydroxyl groups is 1. The molecule has 3 aromatic rings. The molecule has 1 N–H and O–H groups in total. The molecule has 1 aromatic carbocycles. The summed E-state index contributed by atoms with van der Waals surface area (Å²) in [6.07, 6.45) is 1.13. The number of ether oxygens (including phenoxy) is 3. The summed E-state index contributed by atoms with van der Waals surface area (Å²) in [5.41, 5.74) is -0.618. The van der Waals surface area contributed by atoms with Gasteiger partial charge in [0.15, 0.2) is 11.5 Å². The predicted molar refractivity (Wildman–Crippen MR) is 125 cm³/mol. The maximum absolute atomic E-state index is 12.5. The van der Waals surface area contributed by atoms with Gasteiger partial charge in [0.2, 0.25) is 5.88 Å². The standard InChI is InChI=1S/C22H23N3O7S/c1-6-32-21(28)13-10-17(12-7-8-15(30-4)16(9-12)31-5)33-18(13)23-11-14-19(26)24(2)22(29)25(3)20(14)27/h7-11,26H,6H2,1-5H3. The molecule has 33 heavy (non-hydrogen) atoms. The lowest BCUT2D eigenvalue weighted by Gasteiger charge is -2.08. The summed E-state index contributed by atoms with van der Waals surface area (Å²) in [5.74, 6) is -0.0288. The fraction of sp³-hybridized carbons (Fsp3) is 0.273. The van der Waals surface area contributed by atoms with Gasteiger partial charge in [-0.25, -0.2) is 14.6 Å². The normalized spacial score (nSPS) is 11.1. The topological polar surface area (TPSA) is 121 Å². The number of hydrogen-bond donors (Lipinski definition) is 1. The van der Waals surface area contributed by atoms with E-state index in [2.05, 4.69) is 4.99 Å². The second-order valence-corrected chi connectivity index (χ2v) is 7.85. The minimum Gasteiger partial charge on any atom is -0.494 e. The molecule has 0 aliphatic rings. The fourth-order valence-electron chi connectivity index (χ4n) is 3.06. The molecule has 0 atom stereocenters. The third-order valence-electron chi connectivity index (χ3n) is 4.85. The minimum absolute atomic E-state index is 0.172. The third-order valence-corrected chi connectivity index (χ3v) is 5.95. The molecule has 0 aliphatic heterocycles. The summed E-state index contributed by atoms with van der Waals surface area (Å²) >= 11 is 1.19. The second-order valence-electron chi connectivity index (χ2n) is 6.82. The maximum Gasteiger partial charge on any atom is 0.341 e. The average Bonchev–Trinajstić information content (AvgIpc) is 3.25. The van der Waals surface area contributed by atoms with Crippen LogP contribution in [0.5, 0.6) is 17.4 Å². The summed E-state index contributed by atoms with van der Waals surface area (Å²) in [7, 11) is 5.69. The quantitative estimate of drug-likeness (QED) is 0.413. The van der Waals surface area contributed by atoms with Gasteiger partial charge >= 0.3 is 11.7 Å². The molecule has 0 amide bonds. The van der Waals surface area contributed by atoms with Crippen LogP contribution in [0.2, 0.25) is 0 Å². The number of thiophene rings is 1. The van der Waals surface area contributed by atoms with Crippen LogP contribution in [-0.2, 0) is 18.8 Å². The zero-order valence-corrected chi connectivity index (χ0v) is 19.6. The zero-order valence-electron chi connectivity index (χ0n) is 18.7. The van der Waals surface area contributed by atoms with Gasteiger partial charge in [0.05, 0.1) is 26.4 Å². The molecule has 0 radical (unpaired) electrons. The first kappa shape index (κ1) is 23.8. The lowest BCUT2D eigenvalue weighted by atomic mass is 10.1. The average molecular weight is 474 g/mol. The van der Waals surface area contributed by atoms with Crippen molar-refractivity contribution in [1.82, 2.24) is 9.13 Å². The number of benzene rings is 1. The van der Waals surface area contributed by atoms with Gasteiger partial charge in [-0.2, -0.15) is 0 Å². The van der Waals surface area contributed by atoms with Crippen LogP contribution in [0.4, 0.5) is 5.00 Å². The van der Waals surface area contributed by atoms with E-state index in [9.17, 15) is 19.5 Å². The molecule has 11 heteroatoms. The Hall–Kier alpha value is -3.86. The van der Waals surface area contributed by atoms with E-state index in [1.165, 1.54) is 39.7 Å². The van der Waals surface area contributed by atoms with Crippen LogP contribution in [-0.4, -0.2) is 47.3 Å². The van der Waals surface area contributed by atoms with Gasteiger partial charge in [0.25, 0.3) is 5.56 Å². The summed E-state index contributed by atoms with van der Waals surface area (Å²) in [5, 5.41) is 10.5. The van der Waals surface area contributed by atoms with Crippen molar-refractivity contribution < 1.29 is 24.1 Å². The van der Waals surface area contributed by atoms with Crippen molar-refractivity contribution in [2.45, 2.75) is 6.92 Å². The monoisotopic (exact) mass is 473 g/mol. The van der Waals surface area contributed by atoms with Gasteiger partial charge in [-0.05, 0) is 36.8 Å². The number of carbonyl (C=O) groups is 1. The number of methoxy groups -OCH3 is 2. The van der Waals surface area contributed by atoms with Crippen LogP contribution >= 0.6 is 11.3 Å². The summed E-state index contributed by atoms with van der Waals surface area (Å²) < 4.78 is 17.5. The largest absolute Gasteiger partial charge is 0.494 e. The molecular formula is C22H23N3O7S. The van der Waals surface area contributed by atoms with E-state index >= 15 is 0 Å². The highest BCUT2D eigenvalue weighted by Crippen LogP contribution is 2.40. The van der Waals surface area contributed by atoms with Crippen molar-refractivity contribution in [1.29, 1.82) is 0 Å². The Morgan fingerprint density at radius 2 is 1.82 bits per heavy atom. The van der Waals surface area contributed by atoms with Gasteiger partial charge in [-0.15, -0.1) is 11.3 Å². The van der Waals surface area contributed by atoms with E-state index in [-0.39, 0.29) is 22.7 Å². The van der Waals surface area contributed by atoms with Crippen molar-refractivity contribution in [3.8, 4) is 27.8 Å². The zero-order chi connectivity index (χ0) is 24.3. The number of nitrogens with zero attached hydrogens (tertiary/aromatic N) is 3. The molecule has 0 spiro atoms. The van der Waals surface area contributed by atoms with Crippen LogP contribution in [0.25, 0.3) is 10.4 Å². The van der Waals surface area contributed by atoms with Crippen molar-refractivity contribution >= 4 is 28.5 Å². The lowest BCUT2D eigenvalue weighted by molar-refractivity contribution is 0.0528. The summed E-state index contributed by atoms with van der Waals surface area (Å²) in [6, 6.07) is 6.95. The molecule has 2 aromatic heterocycles. The molecule has 0 saturated heterocycles. The first-order valence-corrected chi connectivity index (χ1v) is 10.6. The van der Waals surface area contributed by atoms with E-state index in [1.54, 1.807) is 25.1 Å². The lowest BCUT2D eigenvalue weighted by Crippen LogP contribution is -2.38. The van der Waals surface area contributed by atoms with Gasteiger partial charge in [0, 0.05) is 25.2 Å². The number of carbonyl (C=O) groups excluding carboxylic acids is 1. The van der Waals surface area contributed by atoms with E-state index in [1.807, 2.05) is 6.07 Å². The SMILES string of the molecule is CCOC(=O)c1cc(-c2ccc(OC)c(OC)c2)sc1N=Cc1c(O)n(C)c(=O)n(C)c1=O. The smallest absolute Gasteiger partial charge is 0.341 e. The Morgan fingerprint density at radius 3 is 2.45 bits per heavy atom. The van der Waals surface area contributed by atoms with Crippen molar-refractivity contribution in [2.75, 3.05) is 20.8 Å². The van der Waals surface area contributed by atoms with Crippen LogP contribution in [0.1, 0.15) is 22.8 Å². The fourth-order valence-corrected chi connectivity index (χ4v) is 4.05. The Bertz CT molecular complexity index is 1350. The maximum atomic E-state index is 12.5. The molecule has 0 unspecified atom stereocenters. The van der Waals surface area contributed by atoms with E-state index in [0.717, 1.165) is 20.9 Å². The molecule has 3 rings (SSSR count). The Balaban J connectivity index is 2.13. The summed E-state index contributed by atoms with van der Waals surface area (Å²) in [4.78, 5) is 41.9. The number of hydrogen-bond acceptors (Lipinski definition) is 9. The molecule has 0 aliphatic carbocycles. The molecule has 0 bridgehead atoms. The third kappa shape index (κ3) is 4.53. The molecule has 2 heterocycles. The predicted octanol–water partition coefficient (Wildman–Crippen LogP) is 2.46. The number of aliphatic imine (C=N–C) groups is 1. The Morgan fingerprint density at radius 1 is 1.12 bits per heavy atom. The highest BCUT2D eigenvalue weighted by molar-refractivity contribution is 7.19. The first-order chi connectivity index (χ1) is 15.7. The van der Waals surface area contributed by atoms with Crippen LogP contribution in [0, 0.1) is 0 Å². The van der Waals surface area contributed by atoms with Crippen LogP contribution in [0.3, 0.4) is 0 Å².